The number of hydrogen-bond acceptors (Lipinski definition) is 3. The quantitative estimate of drug-likeness (QED) is 0.686. The summed E-state index contributed by atoms with van der Waals surface area (Å²) in [5.41, 5.74) is 2.43. The van der Waals surface area contributed by atoms with Gasteiger partial charge >= 0.3 is 0 Å². The summed E-state index contributed by atoms with van der Waals surface area (Å²) in [7, 11) is 0. The SMILES string of the molecule is CC(=O)NC1CCOc2c(C(=O)CCl)cc(C(C)C)cc21. The predicted octanol–water partition coefficient (Wildman–Crippen LogP) is 3.19. The van der Waals surface area contributed by atoms with Gasteiger partial charge in [0.25, 0.3) is 0 Å². The number of amides is 1. The Bertz CT molecular complexity index is 569. The number of benzene rings is 1. The van der Waals surface area contributed by atoms with Gasteiger partial charge in [0.2, 0.25) is 5.91 Å². The summed E-state index contributed by atoms with van der Waals surface area (Å²) in [6.45, 7) is 6.09. The molecule has 0 bridgehead atoms. The molecule has 2 rings (SSSR count). The van der Waals surface area contributed by atoms with Gasteiger partial charge in [-0.05, 0) is 23.6 Å². The lowest BCUT2D eigenvalue weighted by Gasteiger charge is -2.29. The molecule has 0 saturated heterocycles. The highest BCUT2D eigenvalue weighted by Gasteiger charge is 2.27. The zero-order valence-corrected chi connectivity index (χ0v) is 13.3. The van der Waals surface area contributed by atoms with Gasteiger partial charge in [-0.15, -0.1) is 11.6 Å². The summed E-state index contributed by atoms with van der Waals surface area (Å²) in [6.07, 6.45) is 0.697. The smallest absolute Gasteiger partial charge is 0.217 e. The van der Waals surface area contributed by atoms with E-state index in [1.807, 2.05) is 12.1 Å². The van der Waals surface area contributed by atoms with Crippen LogP contribution in [0.3, 0.4) is 0 Å². The van der Waals surface area contributed by atoms with Gasteiger partial charge in [0.05, 0.1) is 24.1 Å². The molecule has 1 aromatic carbocycles. The molecule has 1 heterocycles. The second kappa shape index (κ2) is 6.48. The van der Waals surface area contributed by atoms with E-state index >= 15 is 0 Å². The first-order chi connectivity index (χ1) is 9.93. The van der Waals surface area contributed by atoms with Gasteiger partial charge in [-0.1, -0.05) is 13.8 Å². The monoisotopic (exact) mass is 309 g/mol. The van der Waals surface area contributed by atoms with E-state index in [-0.39, 0.29) is 29.5 Å². The van der Waals surface area contributed by atoms with E-state index in [0.29, 0.717) is 24.3 Å². The van der Waals surface area contributed by atoms with E-state index in [0.717, 1.165) is 11.1 Å². The van der Waals surface area contributed by atoms with E-state index in [1.165, 1.54) is 6.92 Å². The van der Waals surface area contributed by atoms with Crippen LogP contribution in [-0.2, 0) is 4.79 Å². The molecule has 0 fully saturated rings. The molecule has 4 nitrogen and oxygen atoms in total. The Morgan fingerprint density at radius 3 is 2.71 bits per heavy atom. The topological polar surface area (TPSA) is 55.4 Å². The normalized spacial score (nSPS) is 17.1. The van der Waals surface area contributed by atoms with E-state index in [9.17, 15) is 9.59 Å². The molecule has 0 spiro atoms. The second-order valence-corrected chi connectivity index (χ2v) is 5.86. The number of ether oxygens (including phenoxy) is 1. The van der Waals surface area contributed by atoms with Crippen molar-refractivity contribution in [3.8, 4) is 5.75 Å². The molecular formula is C16H20ClNO3. The van der Waals surface area contributed by atoms with Crippen molar-refractivity contribution in [2.75, 3.05) is 12.5 Å². The first-order valence-corrected chi connectivity index (χ1v) is 7.64. The maximum Gasteiger partial charge on any atom is 0.217 e. The Labute approximate surface area is 129 Å². The first kappa shape index (κ1) is 15.8. The van der Waals surface area contributed by atoms with Crippen LogP contribution in [0.25, 0.3) is 0 Å². The van der Waals surface area contributed by atoms with E-state index in [1.54, 1.807) is 0 Å². The average molecular weight is 310 g/mol. The van der Waals surface area contributed by atoms with Crippen molar-refractivity contribution in [2.24, 2.45) is 0 Å². The fraction of sp³-hybridized carbons (Fsp3) is 0.500. The molecule has 1 aliphatic heterocycles. The Morgan fingerprint density at radius 2 is 2.14 bits per heavy atom. The molecule has 0 radical (unpaired) electrons. The van der Waals surface area contributed by atoms with Gasteiger partial charge in [0.15, 0.2) is 5.78 Å². The summed E-state index contributed by atoms with van der Waals surface area (Å²) >= 11 is 5.71. The molecule has 1 amide bonds. The van der Waals surface area contributed by atoms with Crippen LogP contribution in [0.4, 0.5) is 0 Å². The Balaban J connectivity index is 2.56. The molecule has 0 saturated carbocycles. The Morgan fingerprint density at radius 1 is 1.43 bits per heavy atom. The van der Waals surface area contributed by atoms with Crippen LogP contribution < -0.4 is 10.1 Å². The lowest BCUT2D eigenvalue weighted by Crippen LogP contribution is -2.31. The average Bonchev–Trinajstić information content (AvgIpc) is 2.45. The van der Waals surface area contributed by atoms with Crippen molar-refractivity contribution >= 4 is 23.3 Å². The third-order valence-electron chi connectivity index (χ3n) is 3.63. The van der Waals surface area contributed by atoms with Crippen LogP contribution >= 0.6 is 11.6 Å². The van der Waals surface area contributed by atoms with E-state index < -0.39 is 0 Å². The molecule has 1 atom stereocenters. The number of carbonyl (C=O) groups excluding carboxylic acids is 2. The first-order valence-electron chi connectivity index (χ1n) is 7.11. The molecule has 114 valence electrons. The van der Waals surface area contributed by atoms with Crippen molar-refractivity contribution in [3.63, 3.8) is 0 Å². The van der Waals surface area contributed by atoms with Crippen molar-refractivity contribution in [3.05, 3.63) is 28.8 Å². The molecule has 1 N–H and O–H groups in total. The van der Waals surface area contributed by atoms with E-state index in [2.05, 4.69) is 19.2 Å². The van der Waals surface area contributed by atoms with Crippen molar-refractivity contribution in [1.82, 2.24) is 5.32 Å². The lowest BCUT2D eigenvalue weighted by atomic mass is 9.90. The number of alkyl halides is 1. The van der Waals surface area contributed by atoms with Crippen molar-refractivity contribution < 1.29 is 14.3 Å². The fourth-order valence-corrected chi connectivity index (χ4v) is 2.68. The maximum atomic E-state index is 12.1. The summed E-state index contributed by atoms with van der Waals surface area (Å²) < 4.78 is 5.69. The summed E-state index contributed by atoms with van der Waals surface area (Å²) in [4.78, 5) is 23.5. The number of Topliss-reactive ketones (excluding diaryl/α,β-unsaturated/α-hetero) is 1. The molecule has 1 unspecified atom stereocenters. The van der Waals surface area contributed by atoms with Crippen LogP contribution in [0.2, 0.25) is 0 Å². The molecule has 5 heteroatoms. The second-order valence-electron chi connectivity index (χ2n) is 5.59. The van der Waals surface area contributed by atoms with Crippen LogP contribution in [0.5, 0.6) is 5.75 Å². The molecule has 0 aromatic heterocycles. The number of halogens is 1. The molecule has 0 aliphatic carbocycles. The van der Waals surface area contributed by atoms with Crippen LogP contribution in [-0.4, -0.2) is 24.2 Å². The highest BCUT2D eigenvalue weighted by Crippen LogP contribution is 2.38. The summed E-state index contributed by atoms with van der Waals surface area (Å²) in [6, 6.07) is 3.75. The maximum absolute atomic E-state index is 12.1. The third-order valence-corrected chi connectivity index (χ3v) is 3.88. The van der Waals surface area contributed by atoms with Crippen molar-refractivity contribution in [1.29, 1.82) is 0 Å². The van der Waals surface area contributed by atoms with Gasteiger partial charge in [-0.3, -0.25) is 9.59 Å². The van der Waals surface area contributed by atoms with Gasteiger partial charge in [0.1, 0.15) is 5.75 Å². The van der Waals surface area contributed by atoms with Crippen LogP contribution in [0, 0.1) is 0 Å². The van der Waals surface area contributed by atoms with Gasteiger partial charge in [-0.2, -0.15) is 0 Å². The molecule has 1 aliphatic rings. The minimum atomic E-state index is -0.154. The summed E-state index contributed by atoms with van der Waals surface area (Å²) in [5.74, 6) is 0.515. The highest BCUT2D eigenvalue weighted by molar-refractivity contribution is 6.30. The lowest BCUT2D eigenvalue weighted by molar-refractivity contribution is -0.119. The number of hydrogen-bond donors (Lipinski definition) is 1. The number of rotatable bonds is 4. The largest absolute Gasteiger partial charge is 0.492 e. The van der Waals surface area contributed by atoms with Crippen LogP contribution in [0.15, 0.2) is 12.1 Å². The van der Waals surface area contributed by atoms with Gasteiger partial charge in [-0.25, -0.2) is 0 Å². The number of fused-ring (bicyclic) bond motifs is 1. The third kappa shape index (κ3) is 3.38. The highest BCUT2D eigenvalue weighted by atomic mass is 35.5. The number of nitrogens with one attached hydrogen (secondary N) is 1. The molecule has 1 aromatic rings. The molecule has 21 heavy (non-hydrogen) atoms. The number of carbonyl (C=O) groups is 2. The summed E-state index contributed by atoms with van der Waals surface area (Å²) in [5, 5.41) is 2.93. The zero-order valence-electron chi connectivity index (χ0n) is 12.5. The van der Waals surface area contributed by atoms with Crippen molar-refractivity contribution in [2.45, 2.75) is 39.2 Å². The van der Waals surface area contributed by atoms with Crippen LogP contribution in [0.1, 0.15) is 60.6 Å². The zero-order chi connectivity index (χ0) is 15.6. The standard InChI is InChI=1S/C16H20ClNO3/c1-9(2)11-6-12-14(18-10(3)19)4-5-21-16(12)13(7-11)15(20)8-17/h6-7,9,14H,4-5,8H2,1-3H3,(H,18,19). The minimum absolute atomic E-state index is 0.0812. The van der Waals surface area contributed by atoms with Gasteiger partial charge < -0.3 is 10.1 Å². The fourth-order valence-electron chi connectivity index (χ4n) is 2.54. The Hall–Kier alpha value is -1.55. The van der Waals surface area contributed by atoms with E-state index in [4.69, 9.17) is 16.3 Å². The minimum Gasteiger partial charge on any atom is -0.492 e. The predicted molar refractivity (Wildman–Crippen MR) is 82.3 cm³/mol. The van der Waals surface area contributed by atoms with Gasteiger partial charge in [0, 0.05) is 18.9 Å². The Kier molecular flexibility index (Phi) is 4.88. The number of ketones is 1. The molecular weight excluding hydrogens is 290 g/mol.